The fourth-order valence-corrected chi connectivity index (χ4v) is 2.55. The molecule has 0 atom stereocenters. The molecule has 0 amide bonds. The number of nitrogens with one attached hydrogen (secondary N) is 2. The lowest BCUT2D eigenvalue weighted by atomic mass is 10.2. The van der Waals surface area contributed by atoms with E-state index in [1.54, 1.807) is 6.07 Å². The summed E-state index contributed by atoms with van der Waals surface area (Å²) >= 11 is 0. The molecule has 0 aliphatic heterocycles. The van der Waals surface area contributed by atoms with Crippen LogP contribution in [0.5, 0.6) is 0 Å². The van der Waals surface area contributed by atoms with E-state index in [4.69, 9.17) is 5.11 Å². The largest absolute Gasteiger partial charge is 0.478 e. The molecule has 1 aromatic carbocycles. The van der Waals surface area contributed by atoms with Crippen LogP contribution >= 0.6 is 0 Å². The second-order valence-electron chi connectivity index (χ2n) is 3.86. The number of benzene rings is 1. The number of aromatic amines is 1. The summed E-state index contributed by atoms with van der Waals surface area (Å²) in [4.78, 5) is 10.0. The maximum Gasteiger partial charge on any atom is 0.335 e. The second-order valence-corrected chi connectivity index (χ2v) is 5.59. The molecule has 2 rings (SSSR count). The van der Waals surface area contributed by atoms with Crippen molar-refractivity contribution in [3.63, 3.8) is 0 Å². The highest BCUT2D eigenvalue weighted by molar-refractivity contribution is 7.89. The van der Waals surface area contributed by atoms with Gasteiger partial charge >= 0.3 is 5.97 Å². The molecule has 0 saturated heterocycles. The van der Waals surface area contributed by atoms with Crippen molar-refractivity contribution in [2.24, 2.45) is 0 Å². The van der Waals surface area contributed by atoms with E-state index in [0.29, 0.717) is 11.8 Å². The highest BCUT2D eigenvalue weighted by Crippen LogP contribution is 2.16. The van der Waals surface area contributed by atoms with Crippen LogP contribution in [0.3, 0.4) is 0 Å². The van der Waals surface area contributed by atoms with Crippen LogP contribution in [0, 0.1) is 5.82 Å². The average molecular weight is 299 g/mol. The molecular weight excluding hydrogens is 289 g/mol. The molecular formula is C11H10FN3O4S. The van der Waals surface area contributed by atoms with Crippen molar-refractivity contribution in [1.82, 2.24) is 14.9 Å². The lowest BCUT2D eigenvalue weighted by Gasteiger charge is -2.07. The Kier molecular flexibility index (Phi) is 3.81. The van der Waals surface area contributed by atoms with Gasteiger partial charge in [-0.1, -0.05) is 0 Å². The van der Waals surface area contributed by atoms with Gasteiger partial charge in [0.25, 0.3) is 0 Å². The Morgan fingerprint density at radius 3 is 2.70 bits per heavy atom. The van der Waals surface area contributed by atoms with Crippen molar-refractivity contribution >= 4 is 16.0 Å². The van der Waals surface area contributed by atoms with Crippen molar-refractivity contribution in [3.05, 3.63) is 47.5 Å². The first kappa shape index (κ1) is 14.2. The van der Waals surface area contributed by atoms with Gasteiger partial charge in [0.05, 0.1) is 17.8 Å². The number of halogens is 1. The third-order valence-corrected chi connectivity index (χ3v) is 3.91. The van der Waals surface area contributed by atoms with Gasteiger partial charge < -0.3 is 5.11 Å². The van der Waals surface area contributed by atoms with Gasteiger partial charge in [0.15, 0.2) is 0 Å². The second kappa shape index (κ2) is 5.39. The van der Waals surface area contributed by atoms with E-state index in [2.05, 4.69) is 14.9 Å². The summed E-state index contributed by atoms with van der Waals surface area (Å²) in [5.41, 5.74) is 0.186. The van der Waals surface area contributed by atoms with Gasteiger partial charge in [0.1, 0.15) is 10.7 Å². The van der Waals surface area contributed by atoms with E-state index in [0.717, 1.165) is 12.1 Å². The summed E-state index contributed by atoms with van der Waals surface area (Å²) in [5, 5.41) is 14.9. The van der Waals surface area contributed by atoms with Crippen LogP contribution in [0.1, 0.15) is 16.1 Å². The Bertz CT molecular complexity index is 728. The molecule has 1 aromatic heterocycles. The van der Waals surface area contributed by atoms with Gasteiger partial charge in [-0.25, -0.2) is 22.3 Å². The molecule has 0 spiro atoms. The molecule has 0 bridgehead atoms. The highest BCUT2D eigenvalue weighted by Gasteiger charge is 2.20. The number of rotatable bonds is 5. The summed E-state index contributed by atoms with van der Waals surface area (Å²) < 4.78 is 39.6. The fraction of sp³-hybridized carbons (Fsp3) is 0.0909. The lowest BCUT2D eigenvalue weighted by molar-refractivity contribution is 0.0696. The first-order chi connectivity index (χ1) is 9.40. The number of carboxylic acid groups (broad SMARTS) is 1. The molecule has 2 aromatic rings. The molecule has 0 saturated carbocycles. The van der Waals surface area contributed by atoms with E-state index < -0.39 is 26.7 Å². The van der Waals surface area contributed by atoms with Crippen LogP contribution in [0.25, 0.3) is 0 Å². The molecule has 0 aliphatic carbocycles. The number of nitrogens with zero attached hydrogens (tertiary/aromatic N) is 1. The van der Waals surface area contributed by atoms with Crippen molar-refractivity contribution in [1.29, 1.82) is 0 Å². The van der Waals surface area contributed by atoms with Crippen molar-refractivity contribution < 1.29 is 22.7 Å². The molecule has 106 valence electrons. The Balaban J connectivity index is 2.23. The van der Waals surface area contributed by atoms with E-state index in [1.807, 2.05) is 0 Å². The Morgan fingerprint density at radius 2 is 2.15 bits per heavy atom. The number of hydrogen-bond donors (Lipinski definition) is 3. The quantitative estimate of drug-likeness (QED) is 0.753. The summed E-state index contributed by atoms with van der Waals surface area (Å²) in [7, 11) is -4.08. The smallest absolute Gasteiger partial charge is 0.335 e. The topological polar surface area (TPSA) is 112 Å². The number of aromatic nitrogens is 2. The Morgan fingerprint density at radius 1 is 1.40 bits per heavy atom. The molecule has 0 radical (unpaired) electrons. The normalized spacial score (nSPS) is 11.4. The molecule has 20 heavy (non-hydrogen) atoms. The standard InChI is InChI=1S/C11H10FN3O4S/c12-9-5-7(11(16)17)1-2-10(9)20(18,19)14-6-8-3-4-13-15-8/h1-5,14H,6H2,(H,13,15)(H,16,17). The summed E-state index contributed by atoms with van der Waals surface area (Å²) in [5.74, 6) is -2.46. The molecule has 3 N–H and O–H groups in total. The predicted molar refractivity (Wildman–Crippen MR) is 66.0 cm³/mol. The van der Waals surface area contributed by atoms with Crippen LogP contribution in [-0.2, 0) is 16.6 Å². The van der Waals surface area contributed by atoms with Crippen LogP contribution in [0.2, 0.25) is 0 Å². The number of aromatic carboxylic acids is 1. The number of carboxylic acids is 1. The number of sulfonamides is 1. The van der Waals surface area contributed by atoms with Crippen LogP contribution < -0.4 is 4.72 Å². The van der Waals surface area contributed by atoms with Crippen LogP contribution in [0.4, 0.5) is 4.39 Å². The predicted octanol–water partition coefficient (Wildman–Crippen LogP) is 0.725. The zero-order valence-corrected chi connectivity index (χ0v) is 10.8. The number of hydrogen-bond acceptors (Lipinski definition) is 4. The van der Waals surface area contributed by atoms with Gasteiger partial charge in [-0.05, 0) is 24.3 Å². The van der Waals surface area contributed by atoms with Gasteiger partial charge in [0.2, 0.25) is 10.0 Å². The van der Waals surface area contributed by atoms with E-state index in [-0.39, 0.29) is 12.1 Å². The minimum Gasteiger partial charge on any atom is -0.478 e. The molecule has 1 heterocycles. The van der Waals surface area contributed by atoms with E-state index in [1.165, 1.54) is 6.20 Å². The maximum absolute atomic E-state index is 13.7. The monoisotopic (exact) mass is 299 g/mol. The Hall–Kier alpha value is -2.26. The highest BCUT2D eigenvalue weighted by atomic mass is 32.2. The first-order valence-corrected chi connectivity index (χ1v) is 6.89. The van der Waals surface area contributed by atoms with Crippen molar-refractivity contribution in [3.8, 4) is 0 Å². The van der Waals surface area contributed by atoms with Crippen molar-refractivity contribution in [2.45, 2.75) is 11.4 Å². The maximum atomic E-state index is 13.7. The minimum absolute atomic E-state index is 0.0809. The molecule has 0 unspecified atom stereocenters. The lowest BCUT2D eigenvalue weighted by Crippen LogP contribution is -2.24. The number of carbonyl (C=O) groups is 1. The molecule has 0 fully saturated rings. The van der Waals surface area contributed by atoms with Gasteiger partial charge in [-0.2, -0.15) is 5.10 Å². The fourth-order valence-electron chi connectivity index (χ4n) is 1.49. The van der Waals surface area contributed by atoms with Gasteiger partial charge in [-0.15, -0.1) is 0 Å². The minimum atomic E-state index is -4.08. The van der Waals surface area contributed by atoms with Crippen molar-refractivity contribution in [2.75, 3.05) is 0 Å². The molecule has 0 aliphatic rings. The first-order valence-electron chi connectivity index (χ1n) is 5.41. The van der Waals surface area contributed by atoms with Crippen LogP contribution in [0.15, 0.2) is 35.4 Å². The zero-order valence-electron chi connectivity index (χ0n) is 10.00. The third kappa shape index (κ3) is 3.00. The van der Waals surface area contributed by atoms with E-state index in [9.17, 15) is 17.6 Å². The van der Waals surface area contributed by atoms with E-state index >= 15 is 0 Å². The summed E-state index contributed by atoms with van der Waals surface area (Å²) in [6.45, 7) is -0.0809. The van der Waals surface area contributed by atoms with Gasteiger partial charge in [0, 0.05) is 6.20 Å². The average Bonchev–Trinajstić information content (AvgIpc) is 2.89. The molecule has 7 nitrogen and oxygen atoms in total. The zero-order chi connectivity index (χ0) is 14.8. The summed E-state index contributed by atoms with van der Waals surface area (Å²) in [6, 6.07) is 4.16. The number of H-pyrrole nitrogens is 1. The SMILES string of the molecule is O=C(O)c1ccc(S(=O)(=O)NCc2ccn[nH]2)c(F)c1. The summed E-state index contributed by atoms with van der Waals surface area (Å²) in [6.07, 6.45) is 1.45. The molecule has 9 heteroatoms. The van der Waals surface area contributed by atoms with Crippen LogP contribution in [-0.4, -0.2) is 29.7 Å². The Labute approximate surface area is 113 Å². The third-order valence-electron chi connectivity index (χ3n) is 2.48. The van der Waals surface area contributed by atoms with Gasteiger partial charge in [-0.3, -0.25) is 5.10 Å².